The maximum atomic E-state index is 13.9. The van der Waals surface area contributed by atoms with Crippen LogP contribution in [-0.4, -0.2) is 8.42 Å². The molecule has 0 spiro atoms. The Hall–Kier alpha value is -2.60. The molecule has 0 bridgehead atoms. The summed E-state index contributed by atoms with van der Waals surface area (Å²) in [5.41, 5.74) is -2.66. The van der Waals surface area contributed by atoms with Gasteiger partial charge in [-0.15, -0.1) is 0 Å². The van der Waals surface area contributed by atoms with Crippen LogP contribution in [0.25, 0.3) is 0 Å². The molecular formula is C14H8F4N2O2S. The minimum atomic E-state index is -4.96. The molecule has 0 amide bonds. The second-order valence-corrected chi connectivity index (χ2v) is 6.03. The Labute approximate surface area is 129 Å². The summed E-state index contributed by atoms with van der Waals surface area (Å²) >= 11 is 0. The minimum absolute atomic E-state index is 0.215. The fourth-order valence-corrected chi connectivity index (χ4v) is 3.04. The number of anilines is 1. The molecule has 0 saturated heterocycles. The second kappa shape index (κ2) is 5.89. The molecule has 120 valence electrons. The molecule has 0 atom stereocenters. The summed E-state index contributed by atoms with van der Waals surface area (Å²) in [6.45, 7) is 0. The minimum Gasteiger partial charge on any atom is -0.277 e. The van der Waals surface area contributed by atoms with E-state index in [0.717, 1.165) is 18.2 Å². The van der Waals surface area contributed by atoms with Crippen molar-refractivity contribution in [3.05, 3.63) is 59.4 Å². The zero-order valence-corrected chi connectivity index (χ0v) is 12.0. The Morgan fingerprint density at radius 1 is 1.04 bits per heavy atom. The molecule has 2 aromatic carbocycles. The van der Waals surface area contributed by atoms with Crippen molar-refractivity contribution in [2.75, 3.05) is 4.72 Å². The van der Waals surface area contributed by atoms with E-state index in [1.807, 2.05) is 0 Å². The van der Waals surface area contributed by atoms with Gasteiger partial charge in [-0.3, -0.25) is 4.72 Å². The number of hydrogen-bond acceptors (Lipinski definition) is 3. The van der Waals surface area contributed by atoms with Crippen LogP contribution in [0.1, 0.15) is 11.1 Å². The van der Waals surface area contributed by atoms with E-state index in [0.29, 0.717) is 6.07 Å². The van der Waals surface area contributed by atoms with E-state index in [4.69, 9.17) is 5.26 Å². The lowest BCUT2D eigenvalue weighted by molar-refractivity contribution is -0.139. The van der Waals surface area contributed by atoms with Gasteiger partial charge in [-0.05, 0) is 24.3 Å². The highest BCUT2D eigenvalue weighted by molar-refractivity contribution is 7.92. The number of benzene rings is 2. The lowest BCUT2D eigenvalue weighted by atomic mass is 10.2. The maximum absolute atomic E-state index is 13.9. The maximum Gasteiger partial charge on any atom is 0.419 e. The first-order chi connectivity index (χ1) is 10.7. The zero-order valence-electron chi connectivity index (χ0n) is 11.2. The average Bonchev–Trinajstić information content (AvgIpc) is 2.48. The number of sulfonamides is 1. The number of halogens is 4. The standard InChI is InChI=1S/C14H8F4N2O2S/c15-13-10(14(16,17)18)5-3-6-11(13)20-23(21,22)12-7-2-1-4-9(12)8-19/h1-7,20H. The van der Waals surface area contributed by atoms with Gasteiger partial charge in [0.2, 0.25) is 0 Å². The summed E-state index contributed by atoms with van der Waals surface area (Å²) < 4.78 is 77.9. The van der Waals surface area contributed by atoms with Gasteiger partial charge in [0.25, 0.3) is 10.0 Å². The molecule has 0 saturated carbocycles. The van der Waals surface area contributed by atoms with Crippen molar-refractivity contribution in [2.45, 2.75) is 11.1 Å². The fourth-order valence-electron chi connectivity index (χ4n) is 1.82. The van der Waals surface area contributed by atoms with Gasteiger partial charge < -0.3 is 0 Å². The van der Waals surface area contributed by atoms with Crippen LogP contribution >= 0.6 is 0 Å². The van der Waals surface area contributed by atoms with Gasteiger partial charge in [-0.25, -0.2) is 12.8 Å². The molecule has 0 fully saturated rings. The van der Waals surface area contributed by atoms with Gasteiger partial charge >= 0.3 is 6.18 Å². The SMILES string of the molecule is N#Cc1ccccc1S(=O)(=O)Nc1cccc(C(F)(F)F)c1F. The third-order valence-electron chi connectivity index (χ3n) is 2.85. The molecule has 4 nitrogen and oxygen atoms in total. The van der Waals surface area contributed by atoms with Gasteiger partial charge in [0.05, 0.1) is 16.8 Å². The van der Waals surface area contributed by atoms with Crippen molar-refractivity contribution in [1.82, 2.24) is 0 Å². The first-order valence-corrected chi connectivity index (χ1v) is 7.53. The highest BCUT2D eigenvalue weighted by atomic mass is 32.2. The summed E-state index contributed by atoms with van der Waals surface area (Å²) in [7, 11) is -4.42. The molecular weight excluding hydrogens is 336 g/mol. The topological polar surface area (TPSA) is 70.0 Å². The molecule has 0 heterocycles. The van der Waals surface area contributed by atoms with Crippen LogP contribution in [0, 0.1) is 17.1 Å². The van der Waals surface area contributed by atoms with Crippen molar-refractivity contribution < 1.29 is 26.0 Å². The molecule has 2 aromatic rings. The van der Waals surface area contributed by atoms with E-state index in [1.54, 1.807) is 10.8 Å². The number of nitrogens with zero attached hydrogens (tertiary/aromatic N) is 1. The van der Waals surface area contributed by atoms with E-state index in [2.05, 4.69) is 0 Å². The van der Waals surface area contributed by atoms with Gasteiger partial charge in [0, 0.05) is 0 Å². The van der Waals surface area contributed by atoms with E-state index in [9.17, 15) is 26.0 Å². The number of nitrogens with one attached hydrogen (secondary N) is 1. The zero-order chi connectivity index (χ0) is 17.3. The van der Waals surface area contributed by atoms with Crippen molar-refractivity contribution in [1.29, 1.82) is 5.26 Å². The van der Waals surface area contributed by atoms with Crippen LogP contribution in [0.15, 0.2) is 47.4 Å². The number of hydrogen-bond donors (Lipinski definition) is 1. The predicted molar refractivity (Wildman–Crippen MR) is 73.4 cm³/mol. The van der Waals surface area contributed by atoms with Crippen LogP contribution in [-0.2, 0) is 16.2 Å². The molecule has 1 N–H and O–H groups in total. The van der Waals surface area contributed by atoms with Crippen molar-refractivity contribution in [2.24, 2.45) is 0 Å². The molecule has 0 radical (unpaired) electrons. The molecule has 2 rings (SSSR count). The highest BCUT2D eigenvalue weighted by Crippen LogP contribution is 2.34. The van der Waals surface area contributed by atoms with Crippen LogP contribution in [0.5, 0.6) is 0 Å². The lowest BCUT2D eigenvalue weighted by Crippen LogP contribution is -2.17. The summed E-state index contributed by atoms with van der Waals surface area (Å²) in [4.78, 5) is -0.459. The third kappa shape index (κ3) is 3.43. The number of nitriles is 1. The lowest BCUT2D eigenvalue weighted by Gasteiger charge is -2.13. The summed E-state index contributed by atoms with van der Waals surface area (Å²) in [5.74, 6) is -1.74. The van der Waals surface area contributed by atoms with Crippen molar-refractivity contribution in [3.8, 4) is 6.07 Å². The van der Waals surface area contributed by atoms with Gasteiger partial charge in [0.15, 0.2) is 5.82 Å². The van der Waals surface area contributed by atoms with E-state index < -0.39 is 38.2 Å². The highest BCUT2D eigenvalue weighted by Gasteiger charge is 2.35. The Balaban J connectivity index is 2.49. The fraction of sp³-hybridized carbons (Fsp3) is 0.0714. The van der Waals surface area contributed by atoms with Gasteiger partial charge in [-0.1, -0.05) is 18.2 Å². The largest absolute Gasteiger partial charge is 0.419 e. The molecule has 0 aromatic heterocycles. The van der Waals surface area contributed by atoms with Crippen LogP contribution in [0.2, 0.25) is 0 Å². The van der Waals surface area contributed by atoms with Crippen molar-refractivity contribution in [3.63, 3.8) is 0 Å². The Kier molecular flexibility index (Phi) is 4.29. The summed E-state index contributed by atoms with van der Waals surface area (Å²) in [6, 6.07) is 8.93. The molecule has 0 aliphatic heterocycles. The molecule has 0 unspecified atom stereocenters. The Morgan fingerprint density at radius 3 is 2.30 bits per heavy atom. The van der Waals surface area contributed by atoms with E-state index in [-0.39, 0.29) is 5.56 Å². The third-order valence-corrected chi connectivity index (χ3v) is 4.27. The van der Waals surface area contributed by atoms with Gasteiger partial charge in [0.1, 0.15) is 11.0 Å². The van der Waals surface area contributed by atoms with Crippen LogP contribution < -0.4 is 4.72 Å². The summed E-state index contributed by atoms with van der Waals surface area (Å²) in [6.07, 6.45) is -4.96. The first-order valence-electron chi connectivity index (χ1n) is 6.04. The monoisotopic (exact) mass is 344 g/mol. The first kappa shape index (κ1) is 16.8. The van der Waals surface area contributed by atoms with E-state index >= 15 is 0 Å². The average molecular weight is 344 g/mol. The molecule has 0 aliphatic carbocycles. The molecule has 0 aliphatic rings. The smallest absolute Gasteiger partial charge is 0.277 e. The quantitative estimate of drug-likeness (QED) is 0.866. The molecule has 23 heavy (non-hydrogen) atoms. The number of rotatable bonds is 3. The number of alkyl halides is 3. The van der Waals surface area contributed by atoms with Crippen LogP contribution in [0.3, 0.4) is 0 Å². The normalized spacial score (nSPS) is 11.8. The second-order valence-electron chi connectivity index (χ2n) is 4.38. The van der Waals surface area contributed by atoms with Crippen LogP contribution in [0.4, 0.5) is 23.2 Å². The van der Waals surface area contributed by atoms with E-state index in [1.165, 1.54) is 18.2 Å². The summed E-state index contributed by atoms with van der Waals surface area (Å²) in [5, 5.41) is 8.89. The van der Waals surface area contributed by atoms with Crippen molar-refractivity contribution >= 4 is 15.7 Å². The Morgan fingerprint density at radius 2 is 1.70 bits per heavy atom. The Bertz CT molecular complexity index is 886. The van der Waals surface area contributed by atoms with Gasteiger partial charge in [-0.2, -0.15) is 18.4 Å². The predicted octanol–water partition coefficient (Wildman–Crippen LogP) is 3.52. The molecule has 9 heteroatoms.